The molecule has 2 heteroatoms. The first kappa shape index (κ1) is 15.5. The maximum absolute atomic E-state index is 5.40. The van der Waals surface area contributed by atoms with Crippen molar-refractivity contribution in [3.63, 3.8) is 0 Å². The zero-order chi connectivity index (χ0) is 15.9. The quantitative estimate of drug-likeness (QED) is 0.508. The molecule has 112 valence electrons. The Hall–Kier alpha value is -2.42. The molecule has 0 aliphatic carbocycles. The summed E-state index contributed by atoms with van der Waals surface area (Å²) in [5.41, 5.74) is 2.54. The van der Waals surface area contributed by atoms with E-state index in [0.717, 1.165) is 12.8 Å². The summed E-state index contributed by atoms with van der Waals surface area (Å²) >= 11 is 0. The molecule has 0 spiro atoms. The minimum Gasteiger partial charge on any atom is -0.211 e. The Kier molecular flexibility index (Phi) is 5.20. The number of pyridine rings is 1. The van der Waals surface area contributed by atoms with E-state index in [1.54, 1.807) is 0 Å². The number of aryl methyl sites for hydroxylation is 1. The first-order chi connectivity index (χ1) is 11.4. The molecule has 3 aromatic rings. The van der Waals surface area contributed by atoms with Gasteiger partial charge in [-0.15, -0.1) is 12.3 Å². The molecule has 1 N–H and O–H groups in total. The number of nitrogens with one attached hydrogen (secondary N) is 1. The minimum atomic E-state index is -0.584. The fourth-order valence-electron chi connectivity index (χ4n) is 2.58. The van der Waals surface area contributed by atoms with Crippen LogP contribution in [0.1, 0.15) is 12.0 Å². The van der Waals surface area contributed by atoms with Crippen LogP contribution in [0.2, 0.25) is 0 Å². The first-order valence-electron chi connectivity index (χ1n) is 7.73. The maximum Gasteiger partial charge on any atom is 0.209 e. The molecular weight excluding hydrogens is 297 g/mol. The van der Waals surface area contributed by atoms with Crippen molar-refractivity contribution in [1.29, 1.82) is 0 Å². The largest absolute Gasteiger partial charge is 0.211 e. The Bertz CT molecular complexity index is 751. The van der Waals surface area contributed by atoms with Crippen molar-refractivity contribution < 1.29 is 4.98 Å². The molecule has 0 bridgehead atoms. The van der Waals surface area contributed by atoms with Gasteiger partial charge in [-0.3, -0.25) is 0 Å². The molecule has 0 atom stereocenters. The van der Waals surface area contributed by atoms with Crippen LogP contribution in [0.15, 0.2) is 79.0 Å². The normalized spacial score (nSPS) is 10.4. The third-order valence-electron chi connectivity index (χ3n) is 3.68. The molecule has 3 rings (SSSR count). The number of rotatable bonds is 5. The molecule has 0 unspecified atom stereocenters. The van der Waals surface area contributed by atoms with E-state index in [-0.39, 0.29) is 0 Å². The maximum atomic E-state index is 5.40. The lowest BCUT2D eigenvalue weighted by atomic mass is 10.1. The van der Waals surface area contributed by atoms with E-state index in [1.807, 2.05) is 6.20 Å². The highest BCUT2D eigenvalue weighted by Gasteiger charge is 2.22. The average molecular weight is 316 g/mol. The molecule has 0 amide bonds. The molecule has 1 heterocycles. The number of hydrogen-bond donors (Lipinski definition) is 0. The third kappa shape index (κ3) is 3.86. The predicted molar refractivity (Wildman–Crippen MR) is 98.9 cm³/mol. The topological polar surface area (TPSA) is 14.1 Å². The van der Waals surface area contributed by atoms with Gasteiger partial charge in [-0.25, -0.2) is 4.98 Å². The molecule has 0 aliphatic rings. The van der Waals surface area contributed by atoms with Gasteiger partial charge in [-0.05, 0) is 22.6 Å². The van der Waals surface area contributed by atoms with Gasteiger partial charge in [-0.1, -0.05) is 60.7 Å². The highest BCUT2D eigenvalue weighted by molar-refractivity contribution is 7.79. The van der Waals surface area contributed by atoms with Gasteiger partial charge in [0.25, 0.3) is 0 Å². The zero-order valence-electron chi connectivity index (χ0n) is 12.9. The summed E-state index contributed by atoms with van der Waals surface area (Å²) in [4.78, 5) is 3.46. The number of terminal acetylenes is 1. The summed E-state index contributed by atoms with van der Waals surface area (Å²) in [7, 11) is -0.584. The summed E-state index contributed by atoms with van der Waals surface area (Å²) in [5.74, 6) is 2.72. The standard InChI is InChI=1S/C21H18NP/c1-2-3-10-18-15-16-22-21(17-18)23(19-11-6-4-7-12-19)20-13-8-5-9-14-20/h1,4-9,11-17H,3,10H2/p+1. The molecule has 0 radical (unpaired) electrons. The van der Waals surface area contributed by atoms with Crippen LogP contribution in [0.3, 0.4) is 0 Å². The first-order valence-corrected chi connectivity index (χ1v) is 9.07. The molecule has 23 heavy (non-hydrogen) atoms. The lowest BCUT2D eigenvalue weighted by Crippen LogP contribution is -2.33. The van der Waals surface area contributed by atoms with E-state index in [0.29, 0.717) is 0 Å². The Morgan fingerprint density at radius 3 is 2.04 bits per heavy atom. The fourth-order valence-corrected chi connectivity index (χ4v) is 4.88. The van der Waals surface area contributed by atoms with Crippen molar-refractivity contribution in [3.05, 3.63) is 84.6 Å². The zero-order valence-corrected chi connectivity index (χ0v) is 13.8. The van der Waals surface area contributed by atoms with E-state index in [9.17, 15) is 0 Å². The molecule has 0 aliphatic heterocycles. The smallest absolute Gasteiger partial charge is 0.209 e. The minimum absolute atomic E-state index is 0.584. The van der Waals surface area contributed by atoms with Crippen LogP contribution in [0, 0.1) is 12.3 Å². The van der Waals surface area contributed by atoms with Crippen molar-refractivity contribution in [3.8, 4) is 12.3 Å². The Morgan fingerprint density at radius 1 is 0.870 bits per heavy atom. The second-order valence-electron chi connectivity index (χ2n) is 5.29. The van der Waals surface area contributed by atoms with E-state index >= 15 is 0 Å². The van der Waals surface area contributed by atoms with Gasteiger partial charge in [0.1, 0.15) is 0 Å². The second kappa shape index (κ2) is 7.73. The number of aromatic amines is 1. The van der Waals surface area contributed by atoms with Crippen LogP contribution in [0.25, 0.3) is 0 Å². The average Bonchev–Trinajstić information content (AvgIpc) is 2.62. The predicted octanol–water partition coefficient (Wildman–Crippen LogP) is 2.82. The summed E-state index contributed by atoms with van der Waals surface area (Å²) in [5, 5.41) is 2.69. The van der Waals surface area contributed by atoms with E-state index in [4.69, 9.17) is 6.42 Å². The van der Waals surface area contributed by atoms with Crippen LogP contribution in [-0.2, 0) is 6.42 Å². The van der Waals surface area contributed by atoms with Gasteiger partial charge in [0.05, 0.1) is 7.92 Å². The van der Waals surface area contributed by atoms with Crippen molar-refractivity contribution >= 4 is 24.0 Å². The highest BCUT2D eigenvalue weighted by atomic mass is 31.1. The van der Waals surface area contributed by atoms with Gasteiger partial charge in [0.15, 0.2) is 6.20 Å². The second-order valence-corrected chi connectivity index (χ2v) is 7.48. The van der Waals surface area contributed by atoms with Crippen molar-refractivity contribution in [1.82, 2.24) is 0 Å². The summed E-state index contributed by atoms with van der Waals surface area (Å²) in [6.07, 6.45) is 9.13. The van der Waals surface area contributed by atoms with Crippen molar-refractivity contribution in [2.24, 2.45) is 0 Å². The Balaban J connectivity index is 2.04. The lowest BCUT2D eigenvalue weighted by molar-refractivity contribution is -0.355. The van der Waals surface area contributed by atoms with Crippen molar-refractivity contribution in [2.45, 2.75) is 12.8 Å². The molecule has 1 aromatic heterocycles. The van der Waals surface area contributed by atoms with Crippen LogP contribution < -0.4 is 21.0 Å². The van der Waals surface area contributed by atoms with E-state index in [2.05, 4.69) is 83.7 Å². The summed E-state index contributed by atoms with van der Waals surface area (Å²) in [6.45, 7) is 0. The van der Waals surface area contributed by atoms with Crippen LogP contribution in [0.4, 0.5) is 0 Å². The Morgan fingerprint density at radius 2 is 1.48 bits per heavy atom. The monoisotopic (exact) mass is 316 g/mol. The van der Waals surface area contributed by atoms with Crippen molar-refractivity contribution in [2.75, 3.05) is 0 Å². The van der Waals surface area contributed by atoms with Gasteiger partial charge in [0.2, 0.25) is 5.44 Å². The highest BCUT2D eigenvalue weighted by Crippen LogP contribution is 2.30. The molecular formula is C21H19NP+. The SMILES string of the molecule is C#CCCc1cc[nH+]c(P(c2ccccc2)c2ccccc2)c1. The number of benzene rings is 2. The molecule has 2 aromatic carbocycles. The number of H-pyrrole nitrogens is 1. The summed E-state index contributed by atoms with van der Waals surface area (Å²) < 4.78 is 0. The fraction of sp³-hybridized carbons (Fsp3) is 0.0952. The van der Waals surface area contributed by atoms with Crippen LogP contribution in [-0.4, -0.2) is 0 Å². The Labute approximate surface area is 139 Å². The molecule has 1 nitrogen and oxygen atoms in total. The van der Waals surface area contributed by atoms with E-state index < -0.39 is 7.92 Å². The molecule has 0 saturated carbocycles. The van der Waals surface area contributed by atoms with Crippen LogP contribution >= 0.6 is 7.92 Å². The van der Waals surface area contributed by atoms with Gasteiger partial charge in [0, 0.05) is 18.6 Å². The van der Waals surface area contributed by atoms with Crippen LogP contribution in [0.5, 0.6) is 0 Å². The number of hydrogen-bond acceptors (Lipinski definition) is 0. The third-order valence-corrected chi connectivity index (χ3v) is 6.05. The van der Waals surface area contributed by atoms with Gasteiger partial charge < -0.3 is 0 Å². The van der Waals surface area contributed by atoms with Gasteiger partial charge in [-0.2, -0.15) is 0 Å². The lowest BCUT2D eigenvalue weighted by Gasteiger charge is -2.15. The van der Waals surface area contributed by atoms with Gasteiger partial charge >= 0.3 is 0 Å². The summed E-state index contributed by atoms with van der Waals surface area (Å²) in [6, 6.07) is 25.8. The molecule has 0 saturated heterocycles. The number of aromatic nitrogens is 1. The molecule has 0 fully saturated rings. The van der Waals surface area contributed by atoms with E-state index in [1.165, 1.54) is 21.6 Å².